The smallest absolute Gasteiger partial charge is 0.229 e. The van der Waals surface area contributed by atoms with E-state index in [0.29, 0.717) is 19.8 Å². The molecule has 5 nitrogen and oxygen atoms in total. The first-order valence-electron chi connectivity index (χ1n) is 6.81. The van der Waals surface area contributed by atoms with Gasteiger partial charge in [-0.25, -0.2) is 0 Å². The molecule has 0 aliphatic carbocycles. The Kier molecular flexibility index (Phi) is 6.60. The first kappa shape index (κ1) is 15.4. The lowest BCUT2D eigenvalue weighted by Crippen LogP contribution is -2.44. The molecule has 0 aromatic rings. The molecule has 0 saturated carbocycles. The van der Waals surface area contributed by atoms with Crippen molar-refractivity contribution < 1.29 is 14.6 Å². The summed E-state index contributed by atoms with van der Waals surface area (Å²) in [6.07, 6.45) is 2.91. The number of ether oxygens (including phenoxy) is 1. The largest absolute Gasteiger partial charge is 0.394 e. The normalized spacial score (nSPS) is 23.3. The van der Waals surface area contributed by atoms with Crippen LogP contribution in [0.25, 0.3) is 0 Å². The Bertz CT molecular complexity index is 253. The second-order valence-electron chi connectivity index (χ2n) is 5.02. The fourth-order valence-electron chi connectivity index (χ4n) is 2.60. The van der Waals surface area contributed by atoms with Gasteiger partial charge < -0.3 is 20.1 Å². The average molecular weight is 258 g/mol. The molecule has 1 atom stereocenters. The number of carbonyl (C=O) groups is 1. The summed E-state index contributed by atoms with van der Waals surface area (Å²) in [6.45, 7) is 5.29. The van der Waals surface area contributed by atoms with E-state index >= 15 is 0 Å². The minimum Gasteiger partial charge on any atom is -0.394 e. The number of nitrogens with zero attached hydrogens (tertiary/aromatic N) is 1. The Balaban J connectivity index is 2.44. The van der Waals surface area contributed by atoms with Crippen molar-refractivity contribution in [3.05, 3.63) is 0 Å². The highest BCUT2D eigenvalue weighted by molar-refractivity contribution is 5.83. The zero-order valence-corrected chi connectivity index (χ0v) is 11.6. The number of nitrogens with one attached hydrogen (secondary N) is 1. The summed E-state index contributed by atoms with van der Waals surface area (Å²) in [5.74, 6) is 0.224. The zero-order chi connectivity index (χ0) is 13.4. The van der Waals surface area contributed by atoms with Gasteiger partial charge in [-0.05, 0) is 19.4 Å². The monoisotopic (exact) mass is 258 g/mol. The van der Waals surface area contributed by atoms with Crippen molar-refractivity contribution in [1.29, 1.82) is 0 Å². The summed E-state index contributed by atoms with van der Waals surface area (Å²) in [4.78, 5) is 14.3. The van der Waals surface area contributed by atoms with Gasteiger partial charge in [-0.2, -0.15) is 0 Å². The van der Waals surface area contributed by atoms with E-state index in [1.54, 1.807) is 4.90 Å². The lowest BCUT2D eigenvalue weighted by molar-refractivity contribution is -0.141. The van der Waals surface area contributed by atoms with Crippen molar-refractivity contribution in [1.82, 2.24) is 10.2 Å². The van der Waals surface area contributed by atoms with Crippen LogP contribution in [0.4, 0.5) is 0 Å². The lowest BCUT2D eigenvalue weighted by atomic mass is 9.81. The van der Waals surface area contributed by atoms with E-state index in [1.165, 1.54) is 0 Å². The van der Waals surface area contributed by atoms with Crippen LogP contribution in [0.5, 0.6) is 0 Å². The van der Waals surface area contributed by atoms with Crippen LogP contribution in [0.15, 0.2) is 0 Å². The summed E-state index contributed by atoms with van der Waals surface area (Å²) in [5, 5.41) is 11.9. The molecular weight excluding hydrogens is 232 g/mol. The van der Waals surface area contributed by atoms with Gasteiger partial charge in [0.1, 0.15) is 0 Å². The molecule has 1 fully saturated rings. The van der Waals surface area contributed by atoms with E-state index < -0.39 is 0 Å². The molecule has 0 bridgehead atoms. The number of rotatable bonds is 8. The predicted molar refractivity (Wildman–Crippen MR) is 70.4 cm³/mol. The highest BCUT2D eigenvalue weighted by Crippen LogP contribution is 2.32. The Morgan fingerprint density at radius 2 is 2.28 bits per heavy atom. The maximum Gasteiger partial charge on any atom is 0.229 e. The van der Waals surface area contributed by atoms with E-state index in [9.17, 15) is 4.79 Å². The molecule has 2 N–H and O–H groups in total. The van der Waals surface area contributed by atoms with Crippen LogP contribution < -0.4 is 5.32 Å². The van der Waals surface area contributed by atoms with Gasteiger partial charge >= 0.3 is 0 Å². The third kappa shape index (κ3) is 3.93. The number of aliphatic hydroxyl groups is 1. The van der Waals surface area contributed by atoms with Crippen LogP contribution in [0.2, 0.25) is 0 Å². The number of carbonyl (C=O) groups excluding carboxylic acids is 1. The maximum atomic E-state index is 12.5. The molecule has 0 aromatic heterocycles. The molecule has 1 rings (SSSR count). The van der Waals surface area contributed by atoms with E-state index in [4.69, 9.17) is 9.84 Å². The standard InChI is InChI=1S/C13H26N2O3/c1-3-4-13(5-6-14-11-13)12(17)15(2)7-9-18-10-8-16/h14,16H,3-11H2,1-2H3. The fraction of sp³-hybridized carbons (Fsp3) is 0.923. The lowest BCUT2D eigenvalue weighted by Gasteiger charge is -2.31. The second-order valence-corrected chi connectivity index (χ2v) is 5.02. The van der Waals surface area contributed by atoms with Crippen molar-refractivity contribution >= 4 is 5.91 Å². The van der Waals surface area contributed by atoms with Crippen molar-refractivity contribution in [3.63, 3.8) is 0 Å². The quantitative estimate of drug-likeness (QED) is 0.612. The van der Waals surface area contributed by atoms with Gasteiger partial charge in [0, 0.05) is 20.1 Å². The van der Waals surface area contributed by atoms with Crippen molar-refractivity contribution in [3.8, 4) is 0 Å². The van der Waals surface area contributed by atoms with Crippen LogP contribution in [-0.2, 0) is 9.53 Å². The van der Waals surface area contributed by atoms with E-state index in [0.717, 1.165) is 32.4 Å². The number of likely N-dealkylation sites (N-methyl/N-ethyl adjacent to an activating group) is 1. The Morgan fingerprint density at radius 1 is 1.50 bits per heavy atom. The predicted octanol–water partition coefficient (Wildman–Crippen LogP) is 0.234. The van der Waals surface area contributed by atoms with Crippen molar-refractivity contribution in [2.24, 2.45) is 5.41 Å². The summed E-state index contributed by atoms with van der Waals surface area (Å²) in [7, 11) is 1.83. The molecule has 1 aliphatic heterocycles. The maximum absolute atomic E-state index is 12.5. The van der Waals surface area contributed by atoms with Crippen LogP contribution in [0.3, 0.4) is 0 Å². The van der Waals surface area contributed by atoms with Gasteiger partial charge in [0.2, 0.25) is 5.91 Å². The number of amides is 1. The minimum atomic E-state index is -0.208. The van der Waals surface area contributed by atoms with Crippen molar-refractivity contribution in [2.75, 3.05) is 46.5 Å². The molecule has 1 amide bonds. The summed E-state index contributed by atoms with van der Waals surface area (Å²) in [5.41, 5.74) is -0.208. The molecule has 1 aliphatic rings. The molecule has 18 heavy (non-hydrogen) atoms. The van der Waals surface area contributed by atoms with Gasteiger partial charge in [0.05, 0.1) is 25.2 Å². The average Bonchev–Trinajstić information content (AvgIpc) is 2.83. The van der Waals surface area contributed by atoms with Gasteiger partial charge in [-0.1, -0.05) is 13.3 Å². The number of hydrogen-bond donors (Lipinski definition) is 2. The molecule has 1 unspecified atom stereocenters. The molecule has 1 saturated heterocycles. The molecule has 1 heterocycles. The molecule has 0 radical (unpaired) electrons. The second kappa shape index (κ2) is 7.71. The van der Waals surface area contributed by atoms with Crippen LogP contribution in [0, 0.1) is 5.41 Å². The van der Waals surface area contributed by atoms with Crippen molar-refractivity contribution in [2.45, 2.75) is 26.2 Å². The summed E-state index contributed by atoms with van der Waals surface area (Å²) >= 11 is 0. The molecule has 0 aromatic carbocycles. The van der Waals surface area contributed by atoms with Gasteiger partial charge in [-0.3, -0.25) is 4.79 Å². The topological polar surface area (TPSA) is 61.8 Å². The van der Waals surface area contributed by atoms with Gasteiger partial charge in [0.25, 0.3) is 0 Å². The minimum absolute atomic E-state index is 0.0291. The molecule has 106 valence electrons. The van der Waals surface area contributed by atoms with E-state index in [-0.39, 0.29) is 17.9 Å². The van der Waals surface area contributed by atoms with Gasteiger partial charge in [0.15, 0.2) is 0 Å². The van der Waals surface area contributed by atoms with Crippen LogP contribution >= 0.6 is 0 Å². The third-order valence-electron chi connectivity index (χ3n) is 3.58. The van der Waals surface area contributed by atoms with Crippen LogP contribution in [-0.4, -0.2) is 62.4 Å². The SMILES string of the molecule is CCCC1(C(=O)N(C)CCOCCO)CCNC1. The molecule has 5 heteroatoms. The molecule has 0 spiro atoms. The number of aliphatic hydroxyl groups excluding tert-OH is 1. The fourth-order valence-corrected chi connectivity index (χ4v) is 2.60. The highest BCUT2D eigenvalue weighted by Gasteiger charge is 2.41. The Morgan fingerprint density at radius 3 is 2.83 bits per heavy atom. The zero-order valence-electron chi connectivity index (χ0n) is 11.6. The van der Waals surface area contributed by atoms with E-state index in [2.05, 4.69) is 12.2 Å². The van der Waals surface area contributed by atoms with Gasteiger partial charge in [-0.15, -0.1) is 0 Å². The Labute approximate surface area is 109 Å². The third-order valence-corrected chi connectivity index (χ3v) is 3.58. The number of hydrogen-bond acceptors (Lipinski definition) is 4. The highest BCUT2D eigenvalue weighted by atomic mass is 16.5. The first-order valence-corrected chi connectivity index (χ1v) is 6.81. The Hall–Kier alpha value is -0.650. The van der Waals surface area contributed by atoms with Crippen LogP contribution in [0.1, 0.15) is 26.2 Å². The summed E-state index contributed by atoms with van der Waals surface area (Å²) < 4.78 is 5.20. The first-order chi connectivity index (χ1) is 8.66. The summed E-state index contributed by atoms with van der Waals surface area (Å²) in [6, 6.07) is 0. The molecular formula is C13H26N2O3. The van der Waals surface area contributed by atoms with E-state index in [1.807, 2.05) is 7.05 Å².